The van der Waals surface area contributed by atoms with Crippen LogP contribution in [-0.2, 0) is 22.4 Å². The molecular formula is C34H41ClN2O5. The molecule has 2 N–H and O–H groups in total. The first kappa shape index (κ1) is 31.4. The van der Waals surface area contributed by atoms with E-state index in [0.717, 1.165) is 49.0 Å². The van der Waals surface area contributed by atoms with Crippen LogP contribution in [0.1, 0.15) is 43.2 Å². The van der Waals surface area contributed by atoms with Crippen molar-refractivity contribution in [2.45, 2.75) is 57.1 Å². The smallest absolute Gasteiger partial charge is 0.258 e. The number of nitrogens with one attached hydrogen (secondary N) is 1. The van der Waals surface area contributed by atoms with Crippen molar-refractivity contribution in [3.8, 4) is 11.5 Å². The van der Waals surface area contributed by atoms with Gasteiger partial charge in [0.2, 0.25) is 5.91 Å². The third-order valence-electron chi connectivity index (χ3n) is 7.78. The molecule has 1 saturated carbocycles. The number of carbonyl (C=O) groups excluding carboxylic acids is 2. The molecule has 224 valence electrons. The fraction of sp³-hybridized carbons (Fsp3) is 0.412. The van der Waals surface area contributed by atoms with E-state index in [1.807, 2.05) is 54.6 Å². The van der Waals surface area contributed by atoms with Crippen LogP contribution in [0.3, 0.4) is 0 Å². The summed E-state index contributed by atoms with van der Waals surface area (Å²) in [6.45, 7) is 0.377. The highest BCUT2D eigenvalue weighted by atomic mass is 35.5. The molecule has 0 saturated heterocycles. The Morgan fingerprint density at radius 2 is 1.69 bits per heavy atom. The van der Waals surface area contributed by atoms with E-state index in [0.29, 0.717) is 30.2 Å². The summed E-state index contributed by atoms with van der Waals surface area (Å²) >= 11 is 6.03. The molecule has 1 aliphatic carbocycles. The fourth-order valence-electron chi connectivity index (χ4n) is 5.41. The van der Waals surface area contributed by atoms with Crippen LogP contribution in [0.25, 0.3) is 0 Å². The van der Waals surface area contributed by atoms with Crippen molar-refractivity contribution in [2.24, 2.45) is 5.92 Å². The van der Waals surface area contributed by atoms with Crippen molar-refractivity contribution < 1.29 is 24.2 Å². The molecule has 0 unspecified atom stereocenters. The lowest BCUT2D eigenvalue weighted by Gasteiger charge is -2.33. The summed E-state index contributed by atoms with van der Waals surface area (Å²) in [5.41, 5.74) is 2.06. The molecule has 0 heterocycles. The molecule has 0 aliphatic heterocycles. The summed E-state index contributed by atoms with van der Waals surface area (Å²) in [4.78, 5) is 28.5. The van der Waals surface area contributed by atoms with Crippen LogP contribution in [0, 0.1) is 5.92 Å². The number of halogens is 1. The number of aliphatic hydroxyl groups excluding tert-OH is 1. The summed E-state index contributed by atoms with van der Waals surface area (Å²) in [7, 11) is 1.63. The van der Waals surface area contributed by atoms with E-state index in [9.17, 15) is 14.7 Å². The van der Waals surface area contributed by atoms with E-state index in [4.69, 9.17) is 21.1 Å². The molecule has 0 bridgehead atoms. The van der Waals surface area contributed by atoms with Gasteiger partial charge < -0.3 is 24.8 Å². The number of ether oxygens (including phenoxy) is 2. The standard InChI is InChI=1S/C34H41ClN2O5/c1-41-29-17-15-25(16-18-29)19-20-37(34(40)27-11-6-3-7-12-27)23-32(38)31(21-26-9-4-2-5-10-26)36-33(39)24-42-30-14-8-13-28(35)22-30/h2,4-5,8-10,13-18,22,27,31-32,38H,3,6-7,11-12,19-21,23-24H2,1H3,(H,36,39)/t31-,32-/m0/s1. The number of benzene rings is 3. The minimum Gasteiger partial charge on any atom is -0.497 e. The summed E-state index contributed by atoms with van der Waals surface area (Å²) < 4.78 is 10.9. The lowest BCUT2D eigenvalue weighted by Crippen LogP contribution is -2.52. The van der Waals surface area contributed by atoms with E-state index >= 15 is 0 Å². The molecule has 1 aliphatic rings. The average molecular weight is 593 g/mol. The Morgan fingerprint density at radius 1 is 0.952 bits per heavy atom. The first-order valence-corrected chi connectivity index (χ1v) is 15.1. The van der Waals surface area contributed by atoms with Gasteiger partial charge in [-0.2, -0.15) is 0 Å². The highest BCUT2D eigenvalue weighted by molar-refractivity contribution is 6.30. The van der Waals surface area contributed by atoms with Crippen LogP contribution in [0.15, 0.2) is 78.9 Å². The molecule has 4 rings (SSSR count). The van der Waals surface area contributed by atoms with E-state index in [2.05, 4.69) is 5.32 Å². The van der Waals surface area contributed by atoms with Crippen LogP contribution >= 0.6 is 11.6 Å². The van der Waals surface area contributed by atoms with Crippen molar-refractivity contribution in [2.75, 3.05) is 26.8 Å². The van der Waals surface area contributed by atoms with E-state index in [-0.39, 0.29) is 30.9 Å². The van der Waals surface area contributed by atoms with Gasteiger partial charge in [-0.05, 0) is 67.1 Å². The number of carbonyl (C=O) groups is 2. The van der Waals surface area contributed by atoms with Crippen LogP contribution in [0.5, 0.6) is 11.5 Å². The number of aliphatic hydroxyl groups is 1. The predicted molar refractivity (Wildman–Crippen MR) is 165 cm³/mol. The number of hydrogen-bond donors (Lipinski definition) is 2. The molecule has 1 fully saturated rings. The molecule has 8 heteroatoms. The average Bonchev–Trinajstić information content (AvgIpc) is 3.02. The van der Waals surface area contributed by atoms with Crippen LogP contribution in [0.4, 0.5) is 0 Å². The second kappa shape index (κ2) is 16.2. The van der Waals surface area contributed by atoms with Crippen LogP contribution in [-0.4, -0.2) is 60.8 Å². The fourth-order valence-corrected chi connectivity index (χ4v) is 5.59. The van der Waals surface area contributed by atoms with Gasteiger partial charge in [0.25, 0.3) is 5.91 Å². The third-order valence-corrected chi connectivity index (χ3v) is 8.01. The van der Waals surface area contributed by atoms with Gasteiger partial charge in [-0.3, -0.25) is 9.59 Å². The summed E-state index contributed by atoms with van der Waals surface area (Å²) in [5, 5.41) is 15.0. The molecule has 42 heavy (non-hydrogen) atoms. The minimum absolute atomic E-state index is 0.0323. The molecule has 2 amide bonds. The largest absolute Gasteiger partial charge is 0.497 e. The highest BCUT2D eigenvalue weighted by Gasteiger charge is 2.30. The van der Waals surface area contributed by atoms with E-state index in [1.165, 1.54) is 0 Å². The molecule has 2 atom stereocenters. The Hall–Kier alpha value is -3.55. The Bertz CT molecular complexity index is 1260. The van der Waals surface area contributed by atoms with Gasteiger partial charge in [0.1, 0.15) is 11.5 Å². The van der Waals surface area contributed by atoms with E-state index < -0.39 is 12.1 Å². The zero-order chi connectivity index (χ0) is 29.7. The summed E-state index contributed by atoms with van der Waals surface area (Å²) in [6.07, 6.45) is 5.07. The zero-order valence-corrected chi connectivity index (χ0v) is 25.0. The maximum Gasteiger partial charge on any atom is 0.258 e. The number of amides is 2. The van der Waals surface area contributed by atoms with Gasteiger partial charge >= 0.3 is 0 Å². The van der Waals surface area contributed by atoms with Crippen LogP contribution in [0.2, 0.25) is 5.02 Å². The Balaban J connectivity index is 1.46. The lowest BCUT2D eigenvalue weighted by molar-refractivity contribution is -0.138. The molecule has 3 aromatic rings. The number of nitrogens with zero attached hydrogens (tertiary/aromatic N) is 1. The molecule has 7 nitrogen and oxygen atoms in total. The van der Waals surface area contributed by atoms with Gasteiger partial charge in [0.05, 0.1) is 19.3 Å². The number of rotatable bonds is 14. The van der Waals surface area contributed by atoms with Gasteiger partial charge in [0.15, 0.2) is 6.61 Å². The third kappa shape index (κ3) is 9.78. The maximum absolute atomic E-state index is 13.7. The Labute approximate surface area is 253 Å². The van der Waals surface area contributed by atoms with Gasteiger partial charge in [-0.15, -0.1) is 0 Å². The zero-order valence-electron chi connectivity index (χ0n) is 24.2. The molecule has 0 radical (unpaired) electrons. The second-order valence-electron chi connectivity index (χ2n) is 10.9. The van der Waals surface area contributed by atoms with Crippen molar-refractivity contribution in [1.82, 2.24) is 10.2 Å². The topological polar surface area (TPSA) is 88.1 Å². The van der Waals surface area contributed by atoms with Crippen molar-refractivity contribution in [3.05, 3.63) is 95.0 Å². The molecule has 0 aromatic heterocycles. The van der Waals surface area contributed by atoms with Crippen molar-refractivity contribution in [3.63, 3.8) is 0 Å². The molecule has 0 spiro atoms. The lowest BCUT2D eigenvalue weighted by atomic mass is 9.88. The van der Waals surface area contributed by atoms with Crippen molar-refractivity contribution >= 4 is 23.4 Å². The molecule has 3 aromatic carbocycles. The highest BCUT2D eigenvalue weighted by Crippen LogP contribution is 2.26. The van der Waals surface area contributed by atoms with Gasteiger partial charge in [-0.1, -0.05) is 79.4 Å². The van der Waals surface area contributed by atoms with Crippen molar-refractivity contribution in [1.29, 1.82) is 0 Å². The monoisotopic (exact) mass is 592 g/mol. The van der Waals surface area contributed by atoms with Crippen LogP contribution < -0.4 is 14.8 Å². The molecular weight excluding hydrogens is 552 g/mol. The van der Waals surface area contributed by atoms with Gasteiger partial charge in [0, 0.05) is 24.0 Å². The normalized spacial score (nSPS) is 14.9. The first-order chi connectivity index (χ1) is 20.4. The predicted octanol–water partition coefficient (Wildman–Crippen LogP) is 5.47. The first-order valence-electron chi connectivity index (χ1n) is 14.7. The minimum atomic E-state index is -0.983. The maximum atomic E-state index is 13.7. The number of methoxy groups -OCH3 is 1. The summed E-state index contributed by atoms with van der Waals surface area (Å²) in [5.74, 6) is 0.952. The number of hydrogen-bond acceptors (Lipinski definition) is 5. The quantitative estimate of drug-likeness (QED) is 0.259. The van der Waals surface area contributed by atoms with Gasteiger partial charge in [-0.25, -0.2) is 0 Å². The van der Waals surface area contributed by atoms with E-state index in [1.54, 1.807) is 36.3 Å². The SMILES string of the molecule is COc1ccc(CCN(C[C@H](O)[C@H](Cc2ccccc2)NC(=O)COc2cccc(Cl)c2)C(=O)C2CCCCC2)cc1. The Kier molecular flexibility index (Phi) is 12.1. The second-order valence-corrected chi connectivity index (χ2v) is 11.3. The summed E-state index contributed by atoms with van der Waals surface area (Å²) in [6, 6.07) is 23.8. The Morgan fingerprint density at radius 3 is 2.38 bits per heavy atom.